The topological polar surface area (TPSA) is 113 Å². The highest BCUT2D eigenvalue weighted by Gasteiger charge is 2.45. The van der Waals surface area contributed by atoms with Crippen LogP contribution in [0.3, 0.4) is 0 Å². The minimum atomic E-state index is -1.03. The molecule has 0 unspecified atom stereocenters. The van der Waals surface area contributed by atoms with Gasteiger partial charge in [0.05, 0.1) is 28.3 Å². The molecule has 2 heterocycles. The maximum Gasteiger partial charge on any atom is 0.254 e. The number of likely N-dealkylation sites (tertiary alicyclic amines) is 1. The molecule has 0 aliphatic carbocycles. The number of halogens is 2. The van der Waals surface area contributed by atoms with Crippen LogP contribution in [0.5, 0.6) is 0 Å². The summed E-state index contributed by atoms with van der Waals surface area (Å²) in [6.07, 6.45) is 2.07. The highest BCUT2D eigenvalue weighted by atomic mass is 32.2. The number of amides is 4. The normalized spacial score (nSPS) is 17.0. The van der Waals surface area contributed by atoms with Crippen LogP contribution in [0.4, 0.5) is 8.78 Å². The Kier molecular flexibility index (Phi) is 11.8. The molecule has 8 nitrogen and oxygen atoms in total. The molecule has 2 aliphatic heterocycles. The van der Waals surface area contributed by atoms with Gasteiger partial charge in [0.1, 0.15) is 11.6 Å². The fraction of sp³-hybridized carbons (Fsp3) is 0.140. The summed E-state index contributed by atoms with van der Waals surface area (Å²) < 4.78 is 28.1. The Balaban J connectivity index is 1.13. The average Bonchev–Trinajstić information content (AvgIpc) is 3.85. The number of imide groups is 1. The van der Waals surface area contributed by atoms with Gasteiger partial charge in [-0.15, -0.1) is 11.8 Å². The van der Waals surface area contributed by atoms with Gasteiger partial charge in [0.15, 0.2) is 5.78 Å². The largest absolute Gasteiger partial charge is 0.350 e. The number of nitrogens with one attached hydrogen (secondary N) is 2. The van der Waals surface area contributed by atoms with Gasteiger partial charge in [0.25, 0.3) is 17.7 Å². The maximum absolute atomic E-state index is 14.9. The molecule has 0 radical (unpaired) electrons. The van der Waals surface area contributed by atoms with Gasteiger partial charge < -0.3 is 10.2 Å². The molecule has 11 heteroatoms. The fourth-order valence-electron chi connectivity index (χ4n) is 8.08. The highest BCUT2D eigenvalue weighted by molar-refractivity contribution is 8.01. The first-order chi connectivity index (χ1) is 29.6. The van der Waals surface area contributed by atoms with Crippen LogP contribution in [0.15, 0.2) is 163 Å². The number of carbonyl (C=O) groups excluding carboxylic acids is 5. The molecule has 2 aliphatic rings. The van der Waals surface area contributed by atoms with Crippen molar-refractivity contribution in [2.45, 2.75) is 28.9 Å². The van der Waals surface area contributed by atoms with E-state index in [0.29, 0.717) is 29.2 Å². The molecule has 0 bridgehead atoms. The van der Waals surface area contributed by atoms with Gasteiger partial charge in [-0.1, -0.05) is 121 Å². The van der Waals surface area contributed by atoms with Crippen LogP contribution in [0, 0.1) is 11.6 Å². The van der Waals surface area contributed by atoms with E-state index in [1.54, 1.807) is 59.1 Å². The van der Waals surface area contributed by atoms with Gasteiger partial charge in [0.2, 0.25) is 5.91 Å². The molecule has 4 amide bonds. The lowest BCUT2D eigenvalue weighted by atomic mass is 9.84. The van der Waals surface area contributed by atoms with E-state index >= 15 is 0 Å². The molecule has 8 rings (SSSR count). The smallest absolute Gasteiger partial charge is 0.254 e. The number of carbonyl (C=O) groups is 5. The van der Waals surface area contributed by atoms with Gasteiger partial charge in [-0.05, 0) is 65.1 Å². The van der Waals surface area contributed by atoms with Crippen molar-refractivity contribution in [3.05, 3.63) is 219 Å². The van der Waals surface area contributed by atoms with Gasteiger partial charge in [-0.25, -0.2) is 8.78 Å². The second kappa shape index (κ2) is 17.7. The molecule has 6 aromatic rings. The van der Waals surface area contributed by atoms with Crippen molar-refractivity contribution in [3.63, 3.8) is 0 Å². The Labute approximate surface area is 355 Å². The third kappa shape index (κ3) is 8.55. The molecular formula is C50H39F2N3O5S. The van der Waals surface area contributed by atoms with Crippen LogP contribution in [0.2, 0.25) is 0 Å². The van der Waals surface area contributed by atoms with E-state index in [0.717, 1.165) is 28.8 Å². The number of hydrogen-bond acceptors (Lipinski definition) is 6. The van der Waals surface area contributed by atoms with E-state index in [4.69, 9.17) is 0 Å². The summed E-state index contributed by atoms with van der Waals surface area (Å²) in [7, 11) is 0. The van der Waals surface area contributed by atoms with Crippen molar-refractivity contribution in [3.8, 4) is 0 Å². The molecule has 6 aromatic carbocycles. The Bertz CT molecular complexity index is 2560. The van der Waals surface area contributed by atoms with Gasteiger partial charge in [-0.2, -0.15) is 0 Å². The van der Waals surface area contributed by atoms with E-state index in [2.05, 4.69) is 47.0 Å². The van der Waals surface area contributed by atoms with E-state index in [9.17, 15) is 32.8 Å². The van der Waals surface area contributed by atoms with Gasteiger partial charge >= 0.3 is 0 Å². The Hall–Kier alpha value is -6.98. The van der Waals surface area contributed by atoms with Gasteiger partial charge in [0, 0.05) is 41.1 Å². The lowest BCUT2D eigenvalue weighted by Crippen LogP contribution is -2.43. The highest BCUT2D eigenvalue weighted by Crippen LogP contribution is 2.52. The van der Waals surface area contributed by atoms with Crippen molar-refractivity contribution >= 4 is 47.2 Å². The van der Waals surface area contributed by atoms with Crippen LogP contribution in [0.25, 0.3) is 6.08 Å². The predicted octanol–water partition coefficient (Wildman–Crippen LogP) is 8.36. The first-order valence-corrected chi connectivity index (χ1v) is 20.7. The van der Waals surface area contributed by atoms with Crippen LogP contribution < -0.4 is 10.6 Å². The fourth-order valence-corrected chi connectivity index (χ4v) is 9.95. The Morgan fingerprint density at radius 2 is 1.30 bits per heavy atom. The second-order valence-electron chi connectivity index (χ2n) is 14.9. The Morgan fingerprint density at radius 3 is 1.85 bits per heavy atom. The average molecular weight is 832 g/mol. The molecular weight excluding hydrogens is 793 g/mol. The lowest BCUT2D eigenvalue weighted by Gasteiger charge is -2.37. The molecule has 2 atom stereocenters. The van der Waals surface area contributed by atoms with Crippen LogP contribution >= 0.6 is 11.8 Å². The number of hydrogen-bond donors (Lipinski definition) is 2. The summed E-state index contributed by atoms with van der Waals surface area (Å²) in [4.78, 5) is 67.7. The molecule has 2 fully saturated rings. The van der Waals surface area contributed by atoms with Crippen molar-refractivity contribution in [1.82, 2.24) is 15.5 Å². The zero-order valence-corrected chi connectivity index (χ0v) is 33.5. The molecule has 304 valence electrons. The summed E-state index contributed by atoms with van der Waals surface area (Å²) in [6, 6.07) is 45.6. The summed E-state index contributed by atoms with van der Waals surface area (Å²) in [5.74, 6) is -4.28. The first-order valence-electron chi connectivity index (χ1n) is 19.8. The lowest BCUT2D eigenvalue weighted by molar-refractivity contribution is -0.124. The number of benzene rings is 6. The standard InChI is InChI=1S/C50H39F2N3O5S/c51-38-24-25-43(44(52)28-38)46(57)41-18-10-11-19-42(41)49(60)55-31-40(29-39(55)30-53-47(58)33-22-20-32(21-23-33)26-34-27-45(56)54-48(34)59)61-50(35-12-4-1-5-13-35,36-14-6-2-7-15-36)37-16-8-3-9-17-37/h1-26,28,39-40H,27,29-31H2,(H,53,58)(H,54,56,59)/b34-26+/t39-,40+/m0/s1. The molecule has 0 aromatic heterocycles. The predicted molar refractivity (Wildman–Crippen MR) is 231 cm³/mol. The number of nitrogens with zero attached hydrogens (tertiary/aromatic N) is 1. The monoisotopic (exact) mass is 831 g/mol. The molecule has 0 spiro atoms. The van der Waals surface area contributed by atoms with E-state index in [-0.39, 0.29) is 53.3 Å². The zero-order valence-electron chi connectivity index (χ0n) is 32.7. The van der Waals surface area contributed by atoms with Crippen LogP contribution in [0.1, 0.15) is 71.7 Å². The zero-order chi connectivity index (χ0) is 42.5. The summed E-state index contributed by atoms with van der Waals surface area (Å²) in [6.45, 7) is 0.332. The van der Waals surface area contributed by atoms with Crippen LogP contribution in [-0.4, -0.2) is 58.7 Å². The third-order valence-electron chi connectivity index (χ3n) is 11.0. The SMILES string of the molecule is O=C1C/C(=C\c2ccc(C(=O)NC[C@@H]3C[C@@H](SC(c4ccccc4)(c4ccccc4)c4ccccc4)CN3C(=O)c3ccccc3C(=O)c3ccc(F)cc3F)cc2)C(=O)N1. The molecule has 2 N–H and O–H groups in total. The van der Waals surface area contributed by atoms with E-state index < -0.39 is 40.0 Å². The van der Waals surface area contributed by atoms with Crippen molar-refractivity contribution in [2.24, 2.45) is 0 Å². The van der Waals surface area contributed by atoms with E-state index in [1.807, 2.05) is 54.6 Å². The number of thioether (sulfide) groups is 1. The number of rotatable bonds is 12. The minimum absolute atomic E-state index is 0.0120. The Morgan fingerprint density at radius 1 is 0.721 bits per heavy atom. The maximum atomic E-state index is 14.9. The summed E-state index contributed by atoms with van der Waals surface area (Å²) >= 11 is 1.72. The quantitative estimate of drug-likeness (QED) is 0.0555. The van der Waals surface area contributed by atoms with Crippen molar-refractivity contribution in [1.29, 1.82) is 0 Å². The minimum Gasteiger partial charge on any atom is -0.350 e. The van der Waals surface area contributed by atoms with E-state index in [1.165, 1.54) is 12.1 Å². The summed E-state index contributed by atoms with van der Waals surface area (Å²) in [5.41, 5.74) is 4.14. The third-order valence-corrected chi connectivity index (χ3v) is 12.7. The molecule has 2 saturated heterocycles. The van der Waals surface area contributed by atoms with Crippen molar-refractivity contribution < 1.29 is 32.8 Å². The van der Waals surface area contributed by atoms with Gasteiger partial charge in [-0.3, -0.25) is 29.3 Å². The molecule has 0 saturated carbocycles. The second-order valence-corrected chi connectivity index (χ2v) is 16.4. The first kappa shape index (κ1) is 40.8. The summed E-state index contributed by atoms with van der Waals surface area (Å²) in [5, 5.41) is 5.09. The number of ketones is 1. The van der Waals surface area contributed by atoms with Crippen LogP contribution in [-0.2, 0) is 14.3 Å². The van der Waals surface area contributed by atoms with Crippen molar-refractivity contribution in [2.75, 3.05) is 13.1 Å². The molecule has 61 heavy (non-hydrogen) atoms.